The zero-order chi connectivity index (χ0) is 20.9. The number of carbonyl (C=O) groups excluding carboxylic acids is 1. The molecule has 4 heteroatoms. The third-order valence-corrected chi connectivity index (χ3v) is 8.80. The minimum atomic E-state index is 0.115. The van der Waals surface area contributed by atoms with Gasteiger partial charge in [0.2, 0.25) is 0 Å². The quantitative estimate of drug-likeness (QED) is 0.650. The van der Waals surface area contributed by atoms with Crippen molar-refractivity contribution in [3.8, 4) is 0 Å². The molecule has 1 atom stereocenters. The number of anilines is 1. The van der Waals surface area contributed by atoms with Gasteiger partial charge in [-0.25, -0.2) is 0 Å². The minimum Gasteiger partial charge on any atom is -0.371 e. The number of hydrogen-bond donors (Lipinski definition) is 1. The van der Waals surface area contributed by atoms with E-state index in [1.807, 2.05) is 24.3 Å². The van der Waals surface area contributed by atoms with Gasteiger partial charge in [-0.1, -0.05) is 23.7 Å². The zero-order valence-electron chi connectivity index (χ0n) is 18.0. The highest BCUT2D eigenvalue weighted by molar-refractivity contribution is 6.30. The summed E-state index contributed by atoms with van der Waals surface area (Å²) in [5.41, 5.74) is 3.37. The summed E-state index contributed by atoms with van der Waals surface area (Å²) in [4.78, 5) is 15.4. The summed E-state index contributed by atoms with van der Waals surface area (Å²) < 4.78 is 0. The van der Waals surface area contributed by atoms with E-state index in [2.05, 4.69) is 34.5 Å². The molecule has 7 rings (SSSR count). The van der Waals surface area contributed by atoms with E-state index in [1.54, 1.807) is 0 Å². The Hall–Kier alpha value is -2.00. The fourth-order valence-electron chi connectivity index (χ4n) is 7.22. The molecular formula is C27H31ClN2O. The van der Waals surface area contributed by atoms with Crippen LogP contribution in [0.3, 0.4) is 0 Å². The standard InChI is InChI=1S/C27H31ClN2O/c28-24-5-1-19(2-6-24)21-9-10-30(16-21)25-7-3-20(4-8-25)27(31)29-26-22-12-17-11-18(14-22)15-23(26)13-17/h1-8,17-18,21-23,26H,9-16H2,(H,29,31). The van der Waals surface area contributed by atoms with E-state index in [-0.39, 0.29) is 5.91 Å². The summed E-state index contributed by atoms with van der Waals surface area (Å²) in [6, 6.07) is 16.9. The topological polar surface area (TPSA) is 32.3 Å². The summed E-state index contributed by atoms with van der Waals surface area (Å²) in [6.45, 7) is 2.06. The average Bonchev–Trinajstić information content (AvgIpc) is 3.26. The van der Waals surface area contributed by atoms with Gasteiger partial charge in [0.1, 0.15) is 0 Å². The Kier molecular flexibility index (Phi) is 4.98. The van der Waals surface area contributed by atoms with Crippen molar-refractivity contribution in [1.29, 1.82) is 0 Å². The molecule has 162 valence electrons. The molecule has 4 saturated carbocycles. The van der Waals surface area contributed by atoms with E-state index >= 15 is 0 Å². The summed E-state index contributed by atoms with van der Waals surface area (Å²) in [5.74, 6) is 3.96. The number of halogens is 1. The number of rotatable bonds is 4. The van der Waals surface area contributed by atoms with Crippen LogP contribution < -0.4 is 10.2 Å². The highest BCUT2D eigenvalue weighted by Crippen LogP contribution is 2.53. The van der Waals surface area contributed by atoms with Gasteiger partial charge in [-0.15, -0.1) is 0 Å². The van der Waals surface area contributed by atoms with E-state index in [4.69, 9.17) is 11.6 Å². The van der Waals surface area contributed by atoms with Gasteiger partial charge in [0.25, 0.3) is 5.91 Å². The molecule has 1 aliphatic heterocycles. The Balaban J connectivity index is 1.09. The number of hydrogen-bond acceptors (Lipinski definition) is 2. The van der Waals surface area contributed by atoms with Gasteiger partial charge in [-0.2, -0.15) is 0 Å². The minimum absolute atomic E-state index is 0.115. The second-order valence-corrected chi connectivity index (χ2v) is 10.9. The lowest BCUT2D eigenvalue weighted by molar-refractivity contribution is -0.0119. The molecule has 3 nitrogen and oxygen atoms in total. The van der Waals surface area contributed by atoms with Gasteiger partial charge in [-0.05, 0) is 104 Å². The maximum absolute atomic E-state index is 13.0. The molecule has 1 unspecified atom stereocenters. The Labute approximate surface area is 190 Å². The number of amides is 1. The molecule has 1 heterocycles. The fourth-order valence-corrected chi connectivity index (χ4v) is 7.35. The van der Waals surface area contributed by atoms with Crippen LogP contribution in [0.4, 0.5) is 5.69 Å². The van der Waals surface area contributed by atoms with Crippen LogP contribution in [0.25, 0.3) is 0 Å². The molecule has 2 aromatic rings. The second-order valence-electron chi connectivity index (χ2n) is 10.5. The van der Waals surface area contributed by atoms with Crippen molar-refractivity contribution >= 4 is 23.2 Å². The van der Waals surface area contributed by atoms with Crippen LogP contribution in [-0.2, 0) is 0 Å². The average molecular weight is 435 g/mol. The smallest absolute Gasteiger partial charge is 0.251 e. The molecule has 31 heavy (non-hydrogen) atoms. The zero-order valence-corrected chi connectivity index (χ0v) is 18.7. The van der Waals surface area contributed by atoms with Crippen LogP contribution >= 0.6 is 11.6 Å². The second kappa shape index (κ2) is 7.85. The molecule has 0 radical (unpaired) electrons. The van der Waals surface area contributed by atoms with Crippen LogP contribution in [0.15, 0.2) is 48.5 Å². The van der Waals surface area contributed by atoms with Gasteiger partial charge in [0, 0.05) is 41.3 Å². The molecule has 5 fully saturated rings. The molecule has 0 aromatic heterocycles. The van der Waals surface area contributed by atoms with Crippen LogP contribution in [-0.4, -0.2) is 25.0 Å². The lowest BCUT2D eigenvalue weighted by Gasteiger charge is -2.54. The highest BCUT2D eigenvalue weighted by atomic mass is 35.5. The van der Waals surface area contributed by atoms with E-state index < -0.39 is 0 Å². The van der Waals surface area contributed by atoms with Crippen LogP contribution in [0, 0.1) is 23.7 Å². The summed E-state index contributed by atoms with van der Waals surface area (Å²) >= 11 is 6.04. The molecular weight excluding hydrogens is 404 g/mol. The van der Waals surface area contributed by atoms with Crippen LogP contribution in [0.5, 0.6) is 0 Å². The fraction of sp³-hybridized carbons (Fsp3) is 0.519. The molecule has 5 aliphatic rings. The first-order valence-electron chi connectivity index (χ1n) is 12.0. The van der Waals surface area contributed by atoms with Gasteiger partial charge in [0.05, 0.1) is 0 Å². The first-order chi connectivity index (χ1) is 15.1. The number of nitrogens with zero attached hydrogens (tertiary/aromatic N) is 1. The van der Waals surface area contributed by atoms with E-state index in [0.29, 0.717) is 23.8 Å². The largest absolute Gasteiger partial charge is 0.371 e. The third-order valence-electron chi connectivity index (χ3n) is 8.55. The van der Waals surface area contributed by atoms with E-state index in [1.165, 1.54) is 43.4 Å². The molecule has 1 N–H and O–H groups in total. The summed E-state index contributed by atoms with van der Waals surface area (Å²) in [7, 11) is 0. The normalized spacial score (nSPS) is 33.6. The molecule has 4 bridgehead atoms. The van der Waals surface area contributed by atoms with Crippen molar-refractivity contribution in [2.24, 2.45) is 23.7 Å². The van der Waals surface area contributed by atoms with Gasteiger partial charge in [-0.3, -0.25) is 4.79 Å². The predicted molar refractivity (Wildman–Crippen MR) is 126 cm³/mol. The van der Waals surface area contributed by atoms with Crippen LogP contribution in [0.1, 0.15) is 60.4 Å². The van der Waals surface area contributed by atoms with E-state index in [0.717, 1.165) is 41.9 Å². The van der Waals surface area contributed by atoms with Crippen molar-refractivity contribution in [2.45, 2.75) is 50.5 Å². The van der Waals surface area contributed by atoms with Crippen molar-refractivity contribution < 1.29 is 4.79 Å². The molecule has 4 aliphatic carbocycles. The SMILES string of the molecule is O=C(NC1C2CC3CC(C2)CC1C3)c1ccc(N2CCC(c3ccc(Cl)cc3)C2)cc1. The number of benzene rings is 2. The van der Waals surface area contributed by atoms with Crippen molar-refractivity contribution in [1.82, 2.24) is 5.32 Å². The number of nitrogens with one attached hydrogen (secondary N) is 1. The molecule has 1 saturated heterocycles. The van der Waals surface area contributed by atoms with Crippen molar-refractivity contribution in [3.05, 3.63) is 64.7 Å². The molecule has 1 amide bonds. The lowest BCUT2D eigenvalue weighted by atomic mass is 9.54. The van der Waals surface area contributed by atoms with Crippen LogP contribution in [0.2, 0.25) is 5.02 Å². The Morgan fingerprint density at radius 2 is 1.52 bits per heavy atom. The lowest BCUT2D eigenvalue weighted by Crippen LogP contribution is -2.55. The van der Waals surface area contributed by atoms with Crippen molar-refractivity contribution in [2.75, 3.05) is 18.0 Å². The predicted octanol–water partition coefficient (Wildman–Crippen LogP) is 5.89. The molecule has 2 aromatic carbocycles. The first-order valence-corrected chi connectivity index (χ1v) is 12.4. The van der Waals surface area contributed by atoms with Crippen molar-refractivity contribution in [3.63, 3.8) is 0 Å². The van der Waals surface area contributed by atoms with Gasteiger partial charge < -0.3 is 10.2 Å². The Morgan fingerprint density at radius 3 is 2.16 bits per heavy atom. The summed E-state index contributed by atoms with van der Waals surface area (Å²) in [6.07, 6.45) is 7.93. The third kappa shape index (κ3) is 3.75. The maximum Gasteiger partial charge on any atom is 0.251 e. The molecule has 0 spiro atoms. The summed E-state index contributed by atoms with van der Waals surface area (Å²) in [5, 5.41) is 4.23. The number of carbonyl (C=O) groups is 1. The monoisotopic (exact) mass is 434 g/mol. The maximum atomic E-state index is 13.0. The first kappa shape index (κ1) is 19.7. The van der Waals surface area contributed by atoms with E-state index in [9.17, 15) is 4.79 Å². The van der Waals surface area contributed by atoms with Gasteiger partial charge in [0.15, 0.2) is 0 Å². The van der Waals surface area contributed by atoms with Gasteiger partial charge >= 0.3 is 0 Å². The Morgan fingerprint density at radius 1 is 0.871 bits per heavy atom. The highest BCUT2D eigenvalue weighted by Gasteiger charge is 2.48. The Bertz CT molecular complexity index is 926.